The molecule has 2 aromatic carbocycles. The van der Waals surface area contributed by atoms with Crippen LogP contribution in [-0.4, -0.2) is 16.3 Å². The minimum absolute atomic E-state index is 0.0470. The topological polar surface area (TPSA) is 42.2 Å². The maximum atomic E-state index is 12.3. The minimum atomic E-state index is -0.0865. The number of para-hydroxylation sites is 1. The Hall–Kier alpha value is -2.39. The Kier molecular flexibility index (Phi) is 3.35. The molecule has 0 aliphatic rings. The van der Waals surface area contributed by atoms with Crippen molar-refractivity contribution in [1.82, 2.24) is 4.57 Å². The second kappa shape index (κ2) is 5.31. The molecule has 0 radical (unpaired) electrons. The maximum absolute atomic E-state index is 12.3. The summed E-state index contributed by atoms with van der Waals surface area (Å²) in [4.78, 5) is 12.3. The van der Waals surface area contributed by atoms with Crippen LogP contribution in [0.5, 0.6) is 0 Å². The summed E-state index contributed by atoms with van der Waals surface area (Å²) in [5.74, 6) is 0. The Morgan fingerprint density at radius 1 is 0.950 bits per heavy atom. The Morgan fingerprint density at radius 3 is 2.40 bits per heavy atom. The lowest BCUT2D eigenvalue weighted by molar-refractivity contribution is 0.276. The van der Waals surface area contributed by atoms with E-state index in [0.717, 1.165) is 22.0 Å². The van der Waals surface area contributed by atoms with Gasteiger partial charge >= 0.3 is 0 Å². The summed E-state index contributed by atoms with van der Waals surface area (Å²) in [6.07, 6.45) is 0. The highest BCUT2D eigenvalue weighted by Crippen LogP contribution is 2.26. The number of nitrogens with zero attached hydrogens (tertiary/aromatic N) is 1. The van der Waals surface area contributed by atoms with Gasteiger partial charge in [0.05, 0.1) is 12.1 Å². The minimum Gasteiger partial charge on any atom is -0.395 e. The lowest BCUT2D eigenvalue weighted by Gasteiger charge is -2.12. The highest BCUT2D eigenvalue weighted by atomic mass is 16.3. The van der Waals surface area contributed by atoms with Gasteiger partial charge in [-0.15, -0.1) is 0 Å². The highest BCUT2D eigenvalue weighted by Gasteiger charge is 2.09. The van der Waals surface area contributed by atoms with E-state index in [-0.39, 0.29) is 12.2 Å². The summed E-state index contributed by atoms with van der Waals surface area (Å²) in [5, 5.41) is 10.2. The van der Waals surface area contributed by atoms with Crippen LogP contribution in [0.25, 0.3) is 22.0 Å². The average Bonchev–Trinajstić information content (AvgIpc) is 2.51. The zero-order valence-corrected chi connectivity index (χ0v) is 11.0. The molecule has 0 spiro atoms. The van der Waals surface area contributed by atoms with E-state index in [1.54, 1.807) is 10.6 Å². The first-order chi connectivity index (χ1) is 9.81. The van der Waals surface area contributed by atoms with Crippen LogP contribution in [0.1, 0.15) is 0 Å². The van der Waals surface area contributed by atoms with Crippen molar-refractivity contribution in [3.05, 3.63) is 71.0 Å². The van der Waals surface area contributed by atoms with Crippen LogP contribution in [0.3, 0.4) is 0 Å². The molecule has 0 aliphatic heterocycles. The van der Waals surface area contributed by atoms with Gasteiger partial charge in [-0.25, -0.2) is 0 Å². The van der Waals surface area contributed by atoms with Gasteiger partial charge in [-0.1, -0.05) is 48.5 Å². The molecule has 0 fully saturated rings. The number of benzene rings is 2. The van der Waals surface area contributed by atoms with Crippen LogP contribution in [0, 0.1) is 0 Å². The summed E-state index contributed by atoms with van der Waals surface area (Å²) in [5.41, 5.74) is 2.72. The summed E-state index contributed by atoms with van der Waals surface area (Å²) in [6.45, 7) is 0.267. The maximum Gasteiger partial charge on any atom is 0.251 e. The number of hydrogen-bond acceptors (Lipinski definition) is 2. The fourth-order valence-electron chi connectivity index (χ4n) is 2.52. The largest absolute Gasteiger partial charge is 0.395 e. The molecule has 3 aromatic rings. The van der Waals surface area contributed by atoms with Crippen LogP contribution in [0.4, 0.5) is 0 Å². The van der Waals surface area contributed by atoms with Gasteiger partial charge in [-0.2, -0.15) is 0 Å². The second-order valence-electron chi connectivity index (χ2n) is 4.65. The van der Waals surface area contributed by atoms with Gasteiger partial charge in [0, 0.05) is 18.0 Å². The van der Waals surface area contributed by atoms with E-state index in [1.165, 1.54) is 0 Å². The zero-order valence-electron chi connectivity index (χ0n) is 11.0. The summed E-state index contributed by atoms with van der Waals surface area (Å²) >= 11 is 0. The number of aromatic nitrogens is 1. The Morgan fingerprint density at radius 2 is 1.65 bits per heavy atom. The predicted octanol–water partition coefficient (Wildman–Crippen LogP) is 2.66. The first kappa shape index (κ1) is 12.6. The second-order valence-corrected chi connectivity index (χ2v) is 4.65. The lowest BCUT2D eigenvalue weighted by atomic mass is 10.0. The molecular weight excluding hydrogens is 250 g/mol. The molecule has 1 N–H and O–H groups in total. The van der Waals surface area contributed by atoms with Crippen molar-refractivity contribution in [1.29, 1.82) is 0 Å². The number of pyridine rings is 1. The smallest absolute Gasteiger partial charge is 0.251 e. The molecule has 0 aliphatic carbocycles. The SMILES string of the molecule is O=c1cc(-c2ccccc2)c2ccccc2n1CCO. The third-order valence-corrected chi connectivity index (χ3v) is 3.43. The van der Waals surface area contributed by atoms with E-state index in [1.807, 2.05) is 54.6 Å². The van der Waals surface area contributed by atoms with E-state index in [0.29, 0.717) is 6.54 Å². The Balaban J connectivity index is 2.35. The highest BCUT2D eigenvalue weighted by molar-refractivity contribution is 5.94. The normalized spacial score (nSPS) is 10.8. The molecule has 3 nitrogen and oxygen atoms in total. The quantitative estimate of drug-likeness (QED) is 0.791. The zero-order chi connectivity index (χ0) is 13.9. The average molecular weight is 265 g/mol. The van der Waals surface area contributed by atoms with Crippen molar-refractivity contribution < 1.29 is 5.11 Å². The molecule has 100 valence electrons. The molecule has 0 unspecified atom stereocenters. The molecular formula is C17H15NO2. The molecule has 20 heavy (non-hydrogen) atoms. The molecule has 1 aromatic heterocycles. The monoisotopic (exact) mass is 265 g/mol. The van der Waals surface area contributed by atoms with Gasteiger partial charge < -0.3 is 9.67 Å². The van der Waals surface area contributed by atoms with E-state index in [2.05, 4.69) is 0 Å². The van der Waals surface area contributed by atoms with Crippen LogP contribution in [-0.2, 0) is 6.54 Å². The molecule has 0 saturated heterocycles. The Bertz CT molecular complexity index is 791. The van der Waals surface area contributed by atoms with Crippen molar-refractivity contribution in [3.63, 3.8) is 0 Å². The van der Waals surface area contributed by atoms with Gasteiger partial charge in [0.2, 0.25) is 0 Å². The van der Waals surface area contributed by atoms with Crippen LogP contribution < -0.4 is 5.56 Å². The number of aliphatic hydroxyl groups is 1. The molecule has 0 bridgehead atoms. The van der Waals surface area contributed by atoms with Gasteiger partial charge in [-0.05, 0) is 17.2 Å². The van der Waals surface area contributed by atoms with E-state index in [9.17, 15) is 4.79 Å². The van der Waals surface area contributed by atoms with Crippen molar-refractivity contribution >= 4 is 10.9 Å². The number of aliphatic hydroxyl groups excluding tert-OH is 1. The van der Waals surface area contributed by atoms with E-state index < -0.39 is 0 Å². The van der Waals surface area contributed by atoms with Crippen molar-refractivity contribution in [2.45, 2.75) is 6.54 Å². The fourth-order valence-corrected chi connectivity index (χ4v) is 2.52. The fraction of sp³-hybridized carbons (Fsp3) is 0.118. The first-order valence-electron chi connectivity index (χ1n) is 6.60. The van der Waals surface area contributed by atoms with Crippen molar-refractivity contribution in [2.24, 2.45) is 0 Å². The molecule has 0 amide bonds. The predicted molar refractivity (Wildman–Crippen MR) is 80.7 cm³/mol. The van der Waals surface area contributed by atoms with Crippen LogP contribution >= 0.6 is 0 Å². The lowest BCUT2D eigenvalue weighted by Crippen LogP contribution is -2.21. The standard InChI is InChI=1S/C17H15NO2/c19-11-10-18-16-9-5-4-8-14(16)15(12-17(18)20)13-6-2-1-3-7-13/h1-9,12,19H,10-11H2. The molecule has 3 heteroatoms. The summed E-state index contributed by atoms with van der Waals surface area (Å²) in [7, 11) is 0. The third-order valence-electron chi connectivity index (χ3n) is 3.43. The van der Waals surface area contributed by atoms with Gasteiger partial charge in [-0.3, -0.25) is 4.79 Å². The van der Waals surface area contributed by atoms with Gasteiger partial charge in [0.1, 0.15) is 0 Å². The molecule has 3 rings (SSSR count). The number of fused-ring (bicyclic) bond motifs is 1. The molecule has 0 saturated carbocycles. The van der Waals surface area contributed by atoms with Crippen LogP contribution in [0.15, 0.2) is 65.5 Å². The number of hydrogen-bond donors (Lipinski definition) is 1. The van der Waals surface area contributed by atoms with Crippen LogP contribution in [0.2, 0.25) is 0 Å². The van der Waals surface area contributed by atoms with E-state index in [4.69, 9.17) is 5.11 Å². The van der Waals surface area contributed by atoms with Gasteiger partial charge in [0.25, 0.3) is 5.56 Å². The van der Waals surface area contributed by atoms with Crippen molar-refractivity contribution in [3.8, 4) is 11.1 Å². The molecule has 1 heterocycles. The first-order valence-corrected chi connectivity index (χ1v) is 6.60. The summed E-state index contributed by atoms with van der Waals surface area (Å²) < 4.78 is 1.61. The van der Waals surface area contributed by atoms with Crippen molar-refractivity contribution in [2.75, 3.05) is 6.61 Å². The van der Waals surface area contributed by atoms with Gasteiger partial charge in [0.15, 0.2) is 0 Å². The Labute approximate surface area is 116 Å². The number of rotatable bonds is 3. The molecule has 0 atom stereocenters. The third kappa shape index (κ3) is 2.12. The van der Waals surface area contributed by atoms with E-state index >= 15 is 0 Å². The summed E-state index contributed by atoms with van der Waals surface area (Å²) in [6, 6.07) is 19.3.